The van der Waals surface area contributed by atoms with Gasteiger partial charge in [0, 0.05) is 5.92 Å². The summed E-state index contributed by atoms with van der Waals surface area (Å²) in [5.74, 6) is 1.82. The fourth-order valence-electron chi connectivity index (χ4n) is 1.88. The Balaban J connectivity index is 3.62. The summed E-state index contributed by atoms with van der Waals surface area (Å²) in [6, 6.07) is 0. The van der Waals surface area contributed by atoms with E-state index in [9.17, 15) is 4.79 Å². The zero-order chi connectivity index (χ0) is 11.0. The van der Waals surface area contributed by atoms with Gasteiger partial charge in [-0.05, 0) is 18.3 Å². The third-order valence-corrected chi connectivity index (χ3v) is 2.91. The maximum Gasteiger partial charge on any atom is 0.122 e. The Morgan fingerprint density at radius 3 is 2.21 bits per heavy atom. The van der Waals surface area contributed by atoms with Crippen molar-refractivity contribution < 1.29 is 4.79 Å². The fraction of sp³-hybridized carbons (Fsp3) is 0.923. The largest absolute Gasteiger partial charge is 0.303 e. The highest BCUT2D eigenvalue weighted by Crippen LogP contribution is 2.21. The lowest BCUT2D eigenvalue weighted by molar-refractivity contribution is -0.111. The number of aldehydes is 1. The number of hydrogen-bond donors (Lipinski definition) is 0. The van der Waals surface area contributed by atoms with E-state index in [0.29, 0.717) is 0 Å². The van der Waals surface area contributed by atoms with Gasteiger partial charge in [0.25, 0.3) is 0 Å². The maximum atomic E-state index is 10.5. The molecular formula is C13H26O. The molecule has 14 heavy (non-hydrogen) atoms. The molecule has 0 fully saturated rings. The van der Waals surface area contributed by atoms with E-state index < -0.39 is 0 Å². The molecule has 0 aromatic heterocycles. The highest BCUT2D eigenvalue weighted by Gasteiger charge is 2.10. The van der Waals surface area contributed by atoms with Gasteiger partial charge in [0.15, 0.2) is 0 Å². The zero-order valence-electron chi connectivity index (χ0n) is 10.3. The third-order valence-electron chi connectivity index (χ3n) is 2.91. The number of carbonyl (C=O) groups excluding carboxylic acids is 1. The minimum absolute atomic E-state index is 0.249. The fourth-order valence-corrected chi connectivity index (χ4v) is 1.88. The smallest absolute Gasteiger partial charge is 0.122 e. The van der Waals surface area contributed by atoms with Gasteiger partial charge in [-0.2, -0.15) is 0 Å². The number of rotatable bonds is 8. The number of carbonyl (C=O) groups is 1. The van der Waals surface area contributed by atoms with E-state index in [4.69, 9.17) is 0 Å². The molecule has 1 nitrogen and oxygen atoms in total. The third kappa shape index (κ3) is 7.11. The summed E-state index contributed by atoms with van der Waals surface area (Å²) in [5, 5.41) is 0. The van der Waals surface area contributed by atoms with Crippen molar-refractivity contribution in [1.82, 2.24) is 0 Å². The van der Waals surface area contributed by atoms with Crippen molar-refractivity contribution in [3.63, 3.8) is 0 Å². The minimum atomic E-state index is 0.249. The lowest BCUT2D eigenvalue weighted by Gasteiger charge is -2.16. The topological polar surface area (TPSA) is 17.1 Å². The average molecular weight is 198 g/mol. The summed E-state index contributed by atoms with van der Waals surface area (Å²) >= 11 is 0. The summed E-state index contributed by atoms with van der Waals surface area (Å²) in [4.78, 5) is 10.5. The highest BCUT2D eigenvalue weighted by atomic mass is 16.1. The van der Waals surface area contributed by atoms with E-state index in [0.717, 1.165) is 24.5 Å². The van der Waals surface area contributed by atoms with E-state index in [1.807, 2.05) is 6.92 Å². The molecule has 0 bridgehead atoms. The van der Waals surface area contributed by atoms with Crippen LogP contribution in [0.4, 0.5) is 0 Å². The van der Waals surface area contributed by atoms with Crippen molar-refractivity contribution in [1.29, 1.82) is 0 Å². The van der Waals surface area contributed by atoms with Crippen LogP contribution in [0.2, 0.25) is 0 Å². The predicted octanol–water partition coefficient (Wildman–Crippen LogP) is 4.06. The van der Waals surface area contributed by atoms with Crippen LogP contribution in [-0.2, 0) is 4.79 Å². The number of hydrogen-bond acceptors (Lipinski definition) is 1. The molecule has 0 aliphatic rings. The van der Waals surface area contributed by atoms with Crippen molar-refractivity contribution >= 4 is 6.29 Å². The van der Waals surface area contributed by atoms with Gasteiger partial charge >= 0.3 is 0 Å². The molecule has 84 valence electrons. The summed E-state index contributed by atoms with van der Waals surface area (Å²) in [6.07, 6.45) is 7.33. The Morgan fingerprint density at radius 1 is 1.14 bits per heavy atom. The Hall–Kier alpha value is -0.330. The molecule has 0 amide bonds. The van der Waals surface area contributed by atoms with Gasteiger partial charge < -0.3 is 4.79 Å². The van der Waals surface area contributed by atoms with Gasteiger partial charge in [0.05, 0.1) is 0 Å². The molecule has 0 aromatic carbocycles. The van der Waals surface area contributed by atoms with Gasteiger partial charge in [0.2, 0.25) is 0 Å². The van der Waals surface area contributed by atoms with Gasteiger partial charge in [-0.1, -0.05) is 53.4 Å². The van der Waals surface area contributed by atoms with Crippen molar-refractivity contribution in [2.75, 3.05) is 0 Å². The van der Waals surface area contributed by atoms with Gasteiger partial charge in [-0.25, -0.2) is 0 Å². The summed E-state index contributed by atoms with van der Waals surface area (Å²) in [6.45, 7) is 8.81. The van der Waals surface area contributed by atoms with Crippen LogP contribution in [0.3, 0.4) is 0 Å². The second kappa shape index (κ2) is 8.02. The first-order valence-corrected chi connectivity index (χ1v) is 6.05. The minimum Gasteiger partial charge on any atom is -0.303 e. The quantitative estimate of drug-likeness (QED) is 0.537. The summed E-state index contributed by atoms with van der Waals surface area (Å²) in [7, 11) is 0. The first-order valence-electron chi connectivity index (χ1n) is 6.05. The lowest BCUT2D eigenvalue weighted by Crippen LogP contribution is -2.07. The molecule has 0 aliphatic heterocycles. The van der Waals surface area contributed by atoms with E-state index in [-0.39, 0.29) is 5.92 Å². The van der Waals surface area contributed by atoms with Crippen LogP contribution in [0.25, 0.3) is 0 Å². The van der Waals surface area contributed by atoms with Crippen molar-refractivity contribution in [3.05, 3.63) is 0 Å². The Kier molecular flexibility index (Phi) is 7.83. The van der Waals surface area contributed by atoms with Crippen LogP contribution in [-0.4, -0.2) is 6.29 Å². The second-order valence-corrected chi connectivity index (χ2v) is 4.95. The molecule has 0 spiro atoms. The van der Waals surface area contributed by atoms with Crippen molar-refractivity contribution in [3.8, 4) is 0 Å². The van der Waals surface area contributed by atoms with Crippen LogP contribution in [0.1, 0.15) is 59.8 Å². The van der Waals surface area contributed by atoms with Crippen LogP contribution < -0.4 is 0 Å². The molecule has 2 atom stereocenters. The normalized spacial score (nSPS) is 15.5. The Morgan fingerprint density at radius 2 is 1.79 bits per heavy atom. The lowest BCUT2D eigenvalue weighted by atomic mass is 9.89. The predicted molar refractivity (Wildman–Crippen MR) is 62.3 cm³/mol. The first-order chi connectivity index (χ1) is 6.60. The molecule has 0 aromatic rings. The van der Waals surface area contributed by atoms with E-state index in [2.05, 4.69) is 20.8 Å². The highest BCUT2D eigenvalue weighted by molar-refractivity contribution is 5.52. The molecule has 0 saturated carbocycles. The Bertz CT molecular complexity index is 140. The molecule has 0 heterocycles. The van der Waals surface area contributed by atoms with E-state index in [1.54, 1.807) is 0 Å². The molecule has 1 heteroatoms. The Labute approximate surface area is 89.3 Å². The van der Waals surface area contributed by atoms with Crippen LogP contribution in [0, 0.1) is 17.8 Å². The molecule has 0 radical (unpaired) electrons. The van der Waals surface area contributed by atoms with Crippen LogP contribution in [0.15, 0.2) is 0 Å². The summed E-state index contributed by atoms with van der Waals surface area (Å²) in [5.41, 5.74) is 0. The molecule has 0 rings (SSSR count). The van der Waals surface area contributed by atoms with Gasteiger partial charge in [0.1, 0.15) is 6.29 Å². The average Bonchev–Trinajstić information content (AvgIpc) is 2.15. The molecule has 0 saturated heterocycles. The standard InChI is InChI=1S/C13H26O/c1-5-13(9-12(4)10-14)8-6-7-11(2)3/h10-13H,5-9H2,1-4H3. The van der Waals surface area contributed by atoms with E-state index in [1.165, 1.54) is 25.7 Å². The van der Waals surface area contributed by atoms with Crippen molar-refractivity contribution in [2.45, 2.75) is 59.8 Å². The molecular weight excluding hydrogens is 172 g/mol. The summed E-state index contributed by atoms with van der Waals surface area (Å²) < 4.78 is 0. The van der Waals surface area contributed by atoms with Gasteiger partial charge in [-0.3, -0.25) is 0 Å². The molecule has 0 aliphatic carbocycles. The zero-order valence-corrected chi connectivity index (χ0v) is 10.3. The van der Waals surface area contributed by atoms with E-state index >= 15 is 0 Å². The van der Waals surface area contributed by atoms with Gasteiger partial charge in [-0.15, -0.1) is 0 Å². The SMILES string of the molecule is CCC(CCCC(C)C)CC(C)C=O. The van der Waals surface area contributed by atoms with Crippen LogP contribution in [0.5, 0.6) is 0 Å². The first kappa shape index (κ1) is 13.7. The monoisotopic (exact) mass is 198 g/mol. The van der Waals surface area contributed by atoms with Crippen molar-refractivity contribution in [2.24, 2.45) is 17.8 Å². The maximum absolute atomic E-state index is 10.5. The van der Waals surface area contributed by atoms with Crippen LogP contribution >= 0.6 is 0 Å². The molecule has 0 N–H and O–H groups in total. The molecule has 2 unspecified atom stereocenters. The second-order valence-electron chi connectivity index (χ2n) is 4.95.